The number of hydrogen-bond donors (Lipinski definition) is 1. The van der Waals surface area contributed by atoms with E-state index in [1.165, 1.54) is 23.6 Å². The molecule has 0 spiro atoms. The Balaban J connectivity index is 1.77. The smallest absolute Gasteiger partial charge is 0.353 e. The number of carboxylic acids is 1. The van der Waals surface area contributed by atoms with Crippen molar-refractivity contribution in [1.82, 2.24) is 4.90 Å². The van der Waals surface area contributed by atoms with Gasteiger partial charge in [0.1, 0.15) is 11.1 Å². The molecule has 3 rings (SSSR count). The zero-order valence-corrected chi connectivity index (χ0v) is 13.3. The Morgan fingerprint density at radius 1 is 1.41 bits per heavy atom. The van der Waals surface area contributed by atoms with Crippen LogP contribution in [0.25, 0.3) is 0 Å². The van der Waals surface area contributed by atoms with Gasteiger partial charge in [0.25, 0.3) is 5.91 Å². The maximum Gasteiger partial charge on any atom is 0.353 e. The lowest BCUT2D eigenvalue weighted by Crippen LogP contribution is -2.61. The Labute approximate surface area is 136 Å². The van der Waals surface area contributed by atoms with Gasteiger partial charge in [-0.25, -0.2) is 4.79 Å². The highest BCUT2D eigenvalue weighted by Gasteiger charge is 2.54. The highest BCUT2D eigenvalue weighted by atomic mass is 35.5. The van der Waals surface area contributed by atoms with Crippen LogP contribution in [0.2, 0.25) is 0 Å². The van der Waals surface area contributed by atoms with Crippen molar-refractivity contribution in [2.24, 2.45) is 4.99 Å². The van der Waals surface area contributed by atoms with E-state index in [-0.39, 0.29) is 22.0 Å². The number of β-lactam (4-membered cyclic amide) rings is 1. The Morgan fingerprint density at radius 3 is 2.68 bits per heavy atom. The molecule has 1 N–H and O–H groups in total. The Kier molecular flexibility index (Phi) is 3.97. The van der Waals surface area contributed by atoms with Crippen LogP contribution >= 0.6 is 23.4 Å². The summed E-state index contributed by atoms with van der Waals surface area (Å²) in [5, 5.41) is 9.87. The fourth-order valence-corrected chi connectivity index (χ4v) is 4.02. The van der Waals surface area contributed by atoms with E-state index in [2.05, 4.69) is 4.99 Å². The number of amides is 1. The average Bonchev–Trinajstić information content (AvgIpc) is 2.84. The molecule has 0 saturated carbocycles. The number of likely N-dealkylation sites (tertiary alicyclic amines) is 1. The highest BCUT2D eigenvalue weighted by molar-refractivity contribution is 8.14. The lowest BCUT2D eigenvalue weighted by molar-refractivity contribution is -0.147. The van der Waals surface area contributed by atoms with Gasteiger partial charge in [0.15, 0.2) is 6.04 Å². The molecule has 1 aromatic carbocycles. The summed E-state index contributed by atoms with van der Waals surface area (Å²) in [5.41, 5.74) is 0.952. The lowest BCUT2D eigenvalue weighted by atomic mass is 10.1. The van der Waals surface area contributed by atoms with E-state index in [4.69, 9.17) is 11.6 Å². The molecule has 2 unspecified atom stereocenters. The summed E-state index contributed by atoms with van der Waals surface area (Å²) in [5.74, 6) is -1.51. The second-order valence-corrected chi connectivity index (χ2v) is 6.79. The minimum absolute atomic E-state index is 0.0939. The van der Waals surface area contributed by atoms with E-state index in [1.54, 1.807) is 0 Å². The van der Waals surface area contributed by atoms with Crippen molar-refractivity contribution in [3.8, 4) is 0 Å². The molecule has 0 radical (unpaired) electrons. The SMILES string of the molecule is CC(Cl)=C(C(=O)O)N1C(=O)C2N=C(Cc3ccccc3)SC21. The fourth-order valence-electron chi connectivity index (χ4n) is 2.52. The zero-order chi connectivity index (χ0) is 15.9. The van der Waals surface area contributed by atoms with E-state index >= 15 is 0 Å². The van der Waals surface area contributed by atoms with Crippen LogP contribution < -0.4 is 0 Å². The van der Waals surface area contributed by atoms with Gasteiger partial charge in [0.05, 0.1) is 5.04 Å². The molecule has 2 atom stereocenters. The maximum atomic E-state index is 12.1. The van der Waals surface area contributed by atoms with Crippen molar-refractivity contribution in [3.05, 3.63) is 46.6 Å². The molecular formula is C15H13ClN2O3S. The van der Waals surface area contributed by atoms with Crippen molar-refractivity contribution in [2.75, 3.05) is 0 Å². The van der Waals surface area contributed by atoms with E-state index < -0.39 is 12.0 Å². The average molecular weight is 337 g/mol. The van der Waals surface area contributed by atoms with Gasteiger partial charge in [-0.3, -0.25) is 14.7 Å². The first-order valence-corrected chi connectivity index (χ1v) is 7.95. The Bertz CT molecular complexity index is 698. The summed E-state index contributed by atoms with van der Waals surface area (Å²) in [6.07, 6.45) is 0.644. The third-order valence-electron chi connectivity index (χ3n) is 3.52. The number of allylic oxidation sites excluding steroid dienone is 1. The number of nitrogens with zero attached hydrogens (tertiary/aromatic N) is 2. The standard InChI is InChI=1S/C15H13ClN2O3S/c1-8(16)12(15(20)21)18-13(19)11-14(18)22-10(17-11)7-9-5-3-2-4-6-9/h2-6,11,14H,7H2,1H3,(H,20,21). The van der Waals surface area contributed by atoms with Crippen LogP contribution in [0.4, 0.5) is 0 Å². The number of rotatable bonds is 4. The van der Waals surface area contributed by atoms with Gasteiger partial charge in [0, 0.05) is 11.5 Å². The van der Waals surface area contributed by atoms with Crippen molar-refractivity contribution >= 4 is 40.3 Å². The summed E-state index contributed by atoms with van der Waals surface area (Å²) in [6.45, 7) is 1.47. The molecular weight excluding hydrogens is 324 g/mol. The van der Waals surface area contributed by atoms with Crippen LogP contribution in [0.15, 0.2) is 46.1 Å². The van der Waals surface area contributed by atoms with Crippen molar-refractivity contribution in [2.45, 2.75) is 24.8 Å². The van der Waals surface area contributed by atoms with Crippen molar-refractivity contribution < 1.29 is 14.7 Å². The molecule has 2 aliphatic heterocycles. The van der Waals surface area contributed by atoms with Crippen LogP contribution in [0.5, 0.6) is 0 Å². The van der Waals surface area contributed by atoms with Crippen molar-refractivity contribution in [1.29, 1.82) is 0 Å². The molecule has 1 fully saturated rings. The van der Waals surface area contributed by atoms with Crippen molar-refractivity contribution in [3.63, 3.8) is 0 Å². The molecule has 114 valence electrons. The van der Waals surface area contributed by atoms with Crippen LogP contribution in [0, 0.1) is 0 Å². The molecule has 22 heavy (non-hydrogen) atoms. The first kappa shape index (κ1) is 15.1. The second kappa shape index (κ2) is 5.78. The Morgan fingerprint density at radius 2 is 2.09 bits per heavy atom. The van der Waals surface area contributed by atoms with Gasteiger partial charge in [-0.15, -0.1) is 0 Å². The number of carbonyl (C=O) groups excluding carboxylic acids is 1. The maximum absolute atomic E-state index is 12.1. The summed E-state index contributed by atoms with van der Waals surface area (Å²) in [7, 11) is 0. The number of carboxylic acid groups (broad SMARTS) is 1. The predicted octanol–water partition coefficient (Wildman–Crippen LogP) is 2.47. The number of aliphatic imine (C=N–C) groups is 1. The monoisotopic (exact) mass is 336 g/mol. The van der Waals surface area contributed by atoms with E-state index in [1.807, 2.05) is 30.3 Å². The molecule has 2 heterocycles. The number of thioether (sulfide) groups is 1. The largest absolute Gasteiger partial charge is 0.477 e. The van der Waals surface area contributed by atoms with Crippen LogP contribution in [0.3, 0.4) is 0 Å². The lowest BCUT2D eigenvalue weighted by Gasteiger charge is -2.41. The number of benzene rings is 1. The Hall–Kier alpha value is -1.79. The predicted molar refractivity (Wildman–Crippen MR) is 85.8 cm³/mol. The normalized spacial score (nSPS) is 24.4. The summed E-state index contributed by atoms with van der Waals surface area (Å²) < 4.78 is 0. The van der Waals surface area contributed by atoms with Crippen LogP contribution in [-0.2, 0) is 16.0 Å². The van der Waals surface area contributed by atoms with E-state index in [0.29, 0.717) is 6.42 Å². The topological polar surface area (TPSA) is 70.0 Å². The minimum Gasteiger partial charge on any atom is -0.477 e. The third kappa shape index (κ3) is 2.53. The van der Waals surface area contributed by atoms with Gasteiger partial charge in [-0.05, 0) is 12.5 Å². The van der Waals surface area contributed by atoms with Gasteiger partial charge >= 0.3 is 5.97 Å². The number of halogens is 1. The molecule has 0 aromatic heterocycles. The van der Waals surface area contributed by atoms with Gasteiger partial charge in [-0.2, -0.15) is 0 Å². The van der Waals surface area contributed by atoms with Gasteiger partial charge < -0.3 is 5.11 Å². The quantitative estimate of drug-likeness (QED) is 0.677. The third-order valence-corrected chi connectivity index (χ3v) is 4.93. The van der Waals surface area contributed by atoms with Gasteiger partial charge in [-0.1, -0.05) is 53.7 Å². The van der Waals surface area contributed by atoms with E-state index in [9.17, 15) is 14.7 Å². The van der Waals surface area contributed by atoms with Gasteiger partial charge in [0.2, 0.25) is 0 Å². The first-order chi connectivity index (χ1) is 10.5. The highest BCUT2D eigenvalue weighted by Crippen LogP contribution is 2.42. The molecule has 1 aromatic rings. The summed E-state index contributed by atoms with van der Waals surface area (Å²) >= 11 is 7.26. The minimum atomic E-state index is -1.20. The van der Waals surface area contributed by atoms with E-state index in [0.717, 1.165) is 10.6 Å². The number of carbonyl (C=O) groups is 2. The molecule has 1 saturated heterocycles. The van der Waals surface area contributed by atoms with Crippen LogP contribution in [-0.4, -0.2) is 38.3 Å². The summed E-state index contributed by atoms with van der Waals surface area (Å²) in [4.78, 5) is 29.1. The molecule has 0 bridgehead atoms. The van der Waals surface area contributed by atoms with Crippen LogP contribution in [0.1, 0.15) is 12.5 Å². The fraction of sp³-hybridized carbons (Fsp3) is 0.267. The second-order valence-electron chi connectivity index (χ2n) is 5.03. The molecule has 1 amide bonds. The molecule has 5 nitrogen and oxygen atoms in total. The zero-order valence-electron chi connectivity index (χ0n) is 11.7. The molecule has 0 aliphatic carbocycles. The molecule has 2 aliphatic rings. The number of hydrogen-bond acceptors (Lipinski definition) is 4. The number of fused-ring (bicyclic) bond motifs is 1. The molecule has 7 heteroatoms. The number of aliphatic carboxylic acids is 1. The summed E-state index contributed by atoms with van der Waals surface area (Å²) in [6, 6.07) is 9.33. The first-order valence-electron chi connectivity index (χ1n) is 6.69.